The van der Waals surface area contributed by atoms with Crippen molar-refractivity contribution in [2.24, 2.45) is 0 Å². The number of ether oxygens (including phenoxy) is 2. The van der Waals surface area contributed by atoms with Crippen LogP contribution in [-0.2, 0) is 19.1 Å². The van der Waals surface area contributed by atoms with Crippen LogP contribution >= 0.6 is 0 Å². The molecule has 1 rings (SSSR count). The quantitative estimate of drug-likeness (QED) is 0.190. The molecule has 4 nitrogen and oxygen atoms in total. The third kappa shape index (κ3) is 12.5. The van der Waals surface area contributed by atoms with Crippen LogP contribution in [0.25, 0.3) is 0 Å². The zero-order valence-electron chi connectivity index (χ0n) is 19.1. The second-order valence-corrected chi connectivity index (χ2v) is 8.02. The molecule has 1 unspecified atom stereocenters. The molecule has 0 aliphatic rings. The van der Waals surface area contributed by atoms with Gasteiger partial charge in [-0.2, -0.15) is 0 Å². The maximum absolute atomic E-state index is 13.7. The number of hydrogen-bond acceptors (Lipinski definition) is 4. The molecule has 0 amide bonds. The van der Waals surface area contributed by atoms with E-state index in [-0.39, 0.29) is 18.4 Å². The lowest BCUT2D eigenvalue weighted by molar-refractivity contribution is -0.153. The molecular weight excluding hydrogens is 402 g/mol. The van der Waals surface area contributed by atoms with Crippen molar-refractivity contribution < 1.29 is 27.8 Å². The second-order valence-electron chi connectivity index (χ2n) is 8.02. The van der Waals surface area contributed by atoms with Gasteiger partial charge in [-0.05, 0) is 25.5 Å². The fourth-order valence-electron chi connectivity index (χ4n) is 3.44. The molecule has 6 heteroatoms. The summed E-state index contributed by atoms with van der Waals surface area (Å²) in [5.74, 6) is -2.70. The summed E-state index contributed by atoms with van der Waals surface area (Å²) in [6.07, 6.45) is 12.1. The number of carbonyl (C=O) groups is 2. The Hall–Kier alpha value is -1.98. The molecule has 0 fully saturated rings. The standard InChI is InChI=1S/C25H38F2O4/c1-3-4-5-6-7-8-9-10-11-12-13-19-30-23(28)17-18-24(29)31-20(2)25-21(26)15-14-16-22(25)27/h14-16,20H,3-13,17-19H2,1-2H3. The van der Waals surface area contributed by atoms with Gasteiger partial charge < -0.3 is 9.47 Å². The highest BCUT2D eigenvalue weighted by Crippen LogP contribution is 2.24. The fraction of sp³-hybridized carbons (Fsp3) is 0.680. The van der Waals surface area contributed by atoms with Gasteiger partial charge in [-0.25, -0.2) is 8.78 Å². The van der Waals surface area contributed by atoms with Crippen LogP contribution in [0.3, 0.4) is 0 Å². The van der Waals surface area contributed by atoms with Crippen molar-refractivity contribution in [2.75, 3.05) is 6.61 Å². The predicted octanol–water partition coefficient (Wildman–Crippen LogP) is 7.20. The molecule has 0 heterocycles. The maximum atomic E-state index is 13.7. The molecule has 0 saturated carbocycles. The van der Waals surface area contributed by atoms with Crippen LogP contribution in [0.2, 0.25) is 0 Å². The summed E-state index contributed by atoms with van der Waals surface area (Å²) in [5, 5.41) is 0. The largest absolute Gasteiger partial charge is 0.466 e. The van der Waals surface area contributed by atoms with E-state index >= 15 is 0 Å². The molecule has 1 aromatic carbocycles. The van der Waals surface area contributed by atoms with E-state index in [0.717, 1.165) is 31.4 Å². The highest BCUT2D eigenvalue weighted by atomic mass is 19.1. The molecule has 1 atom stereocenters. The summed E-state index contributed by atoms with van der Waals surface area (Å²) in [5.41, 5.74) is -0.296. The maximum Gasteiger partial charge on any atom is 0.306 e. The van der Waals surface area contributed by atoms with Crippen molar-refractivity contribution in [3.05, 3.63) is 35.4 Å². The molecule has 0 saturated heterocycles. The van der Waals surface area contributed by atoms with E-state index in [0.29, 0.717) is 6.61 Å². The highest BCUT2D eigenvalue weighted by molar-refractivity contribution is 5.77. The number of esters is 2. The number of halogens is 2. The van der Waals surface area contributed by atoms with Crippen LogP contribution in [0.4, 0.5) is 8.78 Å². The summed E-state index contributed by atoms with van der Waals surface area (Å²) in [6, 6.07) is 3.46. The third-order valence-corrected chi connectivity index (χ3v) is 5.26. The Morgan fingerprint density at radius 2 is 1.29 bits per heavy atom. The molecule has 0 radical (unpaired) electrons. The molecule has 0 N–H and O–H groups in total. The molecule has 31 heavy (non-hydrogen) atoms. The summed E-state index contributed by atoms with van der Waals surface area (Å²) in [4.78, 5) is 23.6. The summed E-state index contributed by atoms with van der Waals surface area (Å²) in [6.45, 7) is 3.97. The Kier molecular flexibility index (Phi) is 14.6. The number of benzene rings is 1. The van der Waals surface area contributed by atoms with Gasteiger partial charge >= 0.3 is 11.9 Å². The Bertz CT molecular complexity index is 628. The number of hydrogen-bond donors (Lipinski definition) is 0. The lowest BCUT2D eigenvalue weighted by Gasteiger charge is -2.15. The first kappa shape index (κ1) is 27.1. The van der Waals surface area contributed by atoms with Gasteiger partial charge in [0.2, 0.25) is 0 Å². The monoisotopic (exact) mass is 440 g/mol. The Labute approximate surface area is 185 Å². The van der Waals surface area contributed by atoms with Crippen molar-refractivity contribution in [2.45, 2.75) is 103 Å². The molecule has 1 aromatic rings. The number of rotatable bonds is 17. The fourth-order valence-corrected chi connectivity index (χ4v) is 3.44. The molecule has 0 aliphatic heterocycles. The minimum Gasteiger partial charge on any atom is -0.466 e. The Morgan fingerprint density at radius 1 is 0.806 bits per heavy atom. The van der Waals surface area contributed by atoms with Crippen LogP contribution in [0.5, 0.6) is 0 Å². The molecule has 0 aromatic heterocycles. The Morgan fingerprint density at radius 3 is 1.84 bits per heavy atom. The van der Waals surface area contributed by atoms with Crippen LogP contribution in [0, 0.1) is 11.6 Å². The van der Waals surface area contributed by atoms with E-state index in [2.05, 4.69) is 6.92 Å². The van der Waals surface area contributed by atoms with E-state index in [1.54, 1.807) is 0 Å². The zero-order valence-corrected chi connectivity index (χ0v) is 19.1. The molecule has 176 valence electrons. The van der Waals surface area contributed by atoms with Crippen LogP contribution in [-0.4, -0.2) is 18.5 Å². The first-order valence-electron chi connectivity index (χ1n) is 11.7. The number of unbranched alkanes of at least 4 members (excludes halogenated alkanes) is 10. The van der Waals surface area contributed by atoms with E-state index in [1.807, 2.05) is 0 Å². The molecule has 0 bridgehead atoms. The van der Waals surface area contributed by atoms with Gasteiger partial charge in [0.25, 0.3) is 0 Å². The lowest BCUT2D eigenvalue weighted by Crippen LogP contribution is -2.14. The topological polar surface area (TPSA) is 52.6 Å². The van der Waals surface area contributed by atoms with Gasteiger partial charge in [-0.3, -0.25) is 9.59 Å². The normalized spacial score (nSPS) is 11.9. The van der Waals surface area contributed by atoms with Crippen molar-refractivity contribution in [1.29, 1.82) is 0 Å². The molecule has 0 spiro atoms. The average molecular weight is 441 g/mol. The number of carbonyl (C=O) groups excluding carboxylic acids is 2. The van der Waals surface area contributed by atoms with Gasteiger partial charge in [-0.15, -0.1) is 0 Å². The van der Waals surface area contributed by atoms with Gasteiger partial charge in [0.1, 0.15) is 17.7 Å². The van der Waals surface area contributed by atoms with E-state index < -0.39 is 29.7 Å². The average Bonchev–Trinajstić information content (AvgIpc) is 2.73. The third-order valence-electron chi connectivity index (χ3n) is 5.26. The van der Waals surface area contributed by atoms with Crippen molar-refractivity contribution in [1.82, 2.24) is 0 Å². The van der Waals surface area contributed by atoms with Crippen LogP contribution in [0.15, 0.2) is 18.2 Å². The summed E-state index contributed by atoms with van der Waals surface area (Å²) >= 11 is 0. The van der Waals surface area contributed by atoms with E-state index in [9.17, 15) is 18.4 Å². The van der Waals surface area contributed by atoms with Gasteiger partial charge in [0, 0.05) is 0 Å². The van der Waals surface area contributed by atoms with Crippen molar-refractivity contribution >= 4 is 11.9 Å². The summed E-state index contributed by atoms with van der Waals surface area (Å²) < 4.78 is 37.6. The first-order chi connectivity index (χ1) is 15.0. The van der Waals surface area contributed by atoms with Gasteiger partial charge in [0.05, 0.1) is 25.0 Å². The van der Waals surface area contributed by atoms with E-state index in [4.69, 9.17) is 9.47 Å². The second kappa shape index (κ2) is 16.7. The summed E-state index contributed by atoms with van der Waals surface area (Å²) in [7, 11) is 0. The predicted molar refractivity (Wildman–Crippen MR) is 118 cm³/mol. The lowest BCUT2D eigenvalue weighted by atomic mass is 10.1. The first-order valence-corrected chi connectivity index (χ1v) is 11.7. The van der Waals surface area contributed by atoms with Crippen molar-refractivity contribution in [3.8, 4) is 0 Å². The van der Waals surface area contributed by atoms with Crippen LogP contribution in [0.1, 0.15) is 109 Å². The van der Waals surface area contributed by atoms with Crippen LogP contribution < -0.4 is 0 Å². The Balaban J connectivity index is 2.03. The SMILES string of the molecule is CCCCCCCCCCCCCOC(=O)CCC(=O)OC(C)c1c(F)cccc1F. The minimum atomic E-state index is -1.07. The minimum absolute atomic E-state index is 0.108. The molecular formula is C25H38F2O4. The zero-order chi connectivity index (χ0) is 22.9. The van der Waals surface area contributed by atoms with Gasteiger partial charge in [0.15, 0.2) is 0 Å². The van der Waals surface area contributed by atoms with Gasteiger partial charge in [-0.1, -0.05) is 77.2 Å². The smallest absolute Gasteiger partial charge is 0.306 e. The molecule has 0 aliphatic carbocycles. The van der Waals surface area contributed by atoms with E-state index in [1.165, 1.54) is 64.4 Å². The van der Waals surface area contributed by atoms with Crippen molar-refractivity contribution in [3.63, 3.8) is 0 Å². The highest BCUT2D eigenvalue weighted by Gasteiger charge is 2.20.